The van der Waals surface area contributed by atoms with Gasteiger partial charge in [0, 0.05) is 6.54 Å². The maximum absolute atomic E-state index is 13.1. The van der Waals surface area contributed by atoms with Crippen molar-refractivity contribution in [2.75, 3.05) is 23.4 Å². The van der Waals surface area contributed by atoms with E-state index in [4.69, 9.17) is 5.11 Å². The Kier molecular flexibility index (Phi) is 4.84. The summed E-state index contributed by atoms with van der Waals surface area (Å²) in [6.45, 7) is 0.538. The van der Waals surface area contributed by atoms with Gasteiger partial charge in [0.05, 0.1) is 11.3 Å². The third-order valence-electron chi connectivity index (χ3n) is 3.04. The molecule has 0 saturated carbocycles. The predicted molar refractivity (Wildman–Crippen MR) is 75.8 cm³/mol. The number of nitrogens with one attached hydrogen (secondary N) is 2. The van der Waals surface area contributed by atoms with Crippen molar-refractivity contribution < 1.29 is 19.1 Å². The molecule has 2 rings (SSSR count). The van der Waals surface area contributed by atoms with Gasteiger partial charge in [-0.15, -0.1) is 0 Å². The highest BCUT2D eigenvalue weighted by atomic mass is 32.2. The first-order valence-corrected chi connectivity index (χ1v) is 7.37. The normalized spacial score (nSPS) is 17.8. The summed E-state index contributed by atoms with van der Waals surface area (Å²) in [6, 6.07) is 2.65. The fourth-order valence-corrected chi connectivity index (χ4v) is 3.24. The molecule has 2 amide bonds. The molecule has 1 aliphatic heterocycles. The first-order valence-electron chi connectivity index (χ1n) is 6.21. The Morgan fingerprint density at radius 2 is 2.25 bits per heavy atom. The van der Waals surface area contributed by atoms with Crippen LogP contribution in [-0.4, -0.2) is 35.2 Å². The van der Waals surface area contributed by atoms with Crippen LogP contribution in [-0.2, 0) is 0 Å². The minimum Gasteiger partial charge on any atom is -0.478 e. The van der Waals surface area contributed by atoms with Gasteiger partial charge in [0.15, 0.2) is 0 Å². The number of carboxylic acids is 1. The zero-order valence-corrected chi connectivity index (χ0v) is 11.5. The molecule has 1 aliphatic rings. The smallest absolute Gasteiger partial charge is 0.337 e. The third-order valence-corrected chi connectivity index (χ3v) is 4.27. The largest absolute Gasteiger partial charge is 0.478 e. The number of carbonyl (C=O) groups is 2. The van der Waals surface area contributed by atoms with Crippen LogP contribution >= 0.6 is 11.8 Å². The van der Waals surface area contributed by atoms with Gasteiger partial charge >= 0.3 is 12.0 Å². The molecule has 1 saturated heterocycles. The predicted octanol–water partition coefficient (Wildman–Crippen LogP) is 2.40. The topological polar surface area (TPSA) is 78.4 Å². The first kappa shape index (κ1) is 14.6. The van der Waals surface area contributed by atoms with E-state index in [1.807, 2.05) is 11.8 Å². The van der Waals surface area contributed by atoms with Crippen molar-refractivity contribution in [3.8, 4) is 0 Å². The van der Waals surface area contributed by atoms with E-state index in [-0.39, 0.29) is 11.3 Å². The molecule has 1 unspecified atom stereocenters. The standard InChI is InChI=1S/C13H15FN2O3S/c14-9-1-2-10(12(17)18)11(5-9)16-13(19)15-6-8-3-4-20-7-8/h1-2,5,8H,3-4,6-7H2,(H,17,18)(H2,15,16,19). The second-order valence-corrected chi connectivity index (χ2v) is 5.71. The van der Waals surface area contributed by atoms with Crippen molar-refractivity contribution in [2.45, 2.75) is 6.42 Å². The van der Waals surface area contributed by atoms with Crippen molar-refractivity contribution in [1.29, 1.82) is 0 Å². The number of carbonyl (C=O) groups excluding carboxylic acids is 1. The van der Waals surface area contributed by atoms with Crippen LogP contribution in [0.1, 0.15) is 16.8 Å². The second kappa shape index (κ2) is 6.60. The lowest BCUT2D eigenvalue weighted by Gasteiger charge is -2.12. The van der Waals surface area contributed by atoms with Crippen LogP contribution in [0.3, 0.4) is 0 Å². The summed E-state index contributed by atoms with van der Waals surface area (Å²) >= 11 is 1.85. The zero-order chi connectivity index (χ0) is 14.5. The summed E-state index contributed by atoms with van der Waals surface area (Å²) in [4.78, 5) is 22.7. The number of rotatable bonds is 4. The molecular formula is C13H15FN2O3S. The van der Waals surface area contributed by atoms with Gasteiger partial charge in [0.25, 0.3) is 0 Å². The molecule has 1 heterocycles. The van der Waals surface area contributed by atoms with E-state index in [1.165, 1.54) is 0 Å². The highest BCUT2D eigenvalue weighted by Crippen LogP contribution is 2.22. The molecule has 0 aliphatic carbocycles. The Balaban J connectivity index is 1.96. The van der Waals surface area contributed by atoms with Gasteiger partial charge in [0.1, 0.15) is 5.82 Å². The average molecular weight is 298 g/mol. The Morgan fingerprint density at radius 3 is 2.90 bits per heavy atom. The van der Waals surface area contributed by atoms with Gasteiger partial charge in [-0.05, 0) is 42.0 Å². The molecule has 1 aromatic rings. The molecule has 7 heteroatoms. The summed E-state index contributed by atoms with van der Waals surface area (Å²) in [6.07, 6.45) is 1.06. The number of aromatic carboxylic acids is 1. The van der Waals surface area contributed by atoms with Crippen LogP contribution in [0, 0.1) is 11.7 Å². The Morgan fingerprint density at radius 1 is 1.45 bits per heavy atom. The lowest BCUT2D eigenvalue weighted by Crippen LogP contribution is -2.33. The lowest BCUT2D eigenvalue weighted by molar-refractivity contribution is 0.0698. The zero-order valence-electron chi connectivity index (χ0n) is 10.7. The summed E-state index contributed by atoms with van der Waals surface area (Å²) in [5.74, 6) is 0.740. The molecule has 1 fully saturated rings. The van der Waals surface area contributed by atoms with E-state index in [0.29, 0.717) is 12.5 Å². The van der Waals surface area contributed by atoms with Gasteiger partial charge in [-0.25, -0.2) is 14.0 Å². The number of hydrogen-bond acceptors (Lipinski definition) is 3. The van der Waals surface area contributed by atoms with Crippen LogP contribution in [0.4, 0.5) is 14.9 Å². The minimum atomic E-state index is -1.22. The van der Waals surface area contributed by atoms with Gasteiger partial charge in [-0.1, -0.05) is 0 Å². The molecule has 0 radical (unpaired) electrons. The number of anilines is 1. The molecular weight excluding hydrogens is 283 g/mol. The maximum Gasteiger partial charge on any atom is 0.337 e. The Hall–Kier alpha value is -1.76. The van der Waals surface area contributed by atoms with Gasteiger partial charge < -0.3 is 15.7 Å². The number of hydrogen-bond donors (Lipinski definition) is 3. The van der Waals surface area contributed by atoms with Crippen LogP contribution in [0.2, 0.25) is 0 Å². The highest BCUT2D eigenvalue weighted by molar-refractivity contribution is 7.99. The summed E-state index contributed by atoms with van der Waals surface area (Å²) in [7, 11) is 0. The minimum absolute atomic E-state index is 0.0456. The molecule has 0 bridgehead atoms. The molecule has 1 atom stereocenters. The van der Waals surface area contributed by atoms with E-state index < -0.39 is 17.8 Å². The van der Waals surface area contributed by atoms with Crippen LogP contribution in [0.25, 0.3) is 0 Å². The van der Waals surface area contributed by atoms with E-state index in [9.17, 15) is 14.0 Å². The first-order chi connectivity index (χ1) is 9.56. The Labute approximate surface area is 119 Å². The Bertz CT molecular complexity index is 518. The quantitative estimate of drug-likeness (QED) is 0.797. The number of thioether (sulfide) groups is 1. The summed E-state index contributed by atoms with van der Waals surface area (Å²) in [5, 5.41) is 14.0. The molecule has 1 aromatic carbocycles. The van der Waals surface area contributed by atoms with Crippen molar-refractivity contribution in [3.05, 3.63) is 29.6 Å². The molecule has 20 heavy (non-hydrogen) atoms. The number of amides is 2. The van der Waals surface area contributed by atoms with E-state index in [2.05, 4.69) is 10.6 Å². The molecule has 5 nitrogen and oxygen atoms in total. The maximum atomic E-state index is 13.1. The average Bonchev–Trinajstić information content (AvgIpc) is 2.89. The number of urea groups is 1. The van der Waals surface area contributed by atoms with E-state index >= 15 is 0 Å². The fourth-order valence-electron chi connectivity index (χ4n) is 1.95. The third kappa shape index (κ3) is 3.86. The van der Waals surface area contributed by atoms with Gasteiger partial charge in [-0.3, -0.25) is 0 Å². The van der Waals surface area contributed by atoms with Crippen LogP contribution < -0.4 is 10.6 Å². The fraction of sp³-hybridized carbons (Fsp3) is 0.385. The number of carboxylic acid groups (broad SMARTS) is 1. The number of halogens is 1. The van der Waals surface area contributed by atoms with Crippen molar-refractivity contribution in [1.82, 2.24) is 5.32 Å². The van der Waals surface area contributed by atoms with Gasteiger partial charge in [0.2, 0.25) is 0 Å². The molecule has 0 spiro atoms. The van der Waals surface area contributed by atoms with E-state index in [1.54, 1.807) is 0 Å². The molecule has 3 N–H and O–H groups in total. The van der Waals surface area contributed by atoms with Crippen molar-refractivity contribution in [3.63, 3.8) is 0 Å². The van der Waals surface area contributed by atoms with Gasteiger partial charge in [-0.2, -0.15) is 11.8 Å². The molecule has 0 aromatic heterocycles. The van der Waals surface area contributed by atoms with Crippen molar-refractivity contribution >= 4 is 29.4 Å². The molecule has 108 valence electrons. The van der Waals surface area contributed by atoms with Crippen LogP contribution in [0.15, 0.2) is 18.2 Å². The SMILES string of the molecule is O=C(NCC1CCSC1)Nc1cc(F)ccc1C(=O)O. The van der Waals surface area contributed by atoms with Crippen molar-refractivity contribution in [2.24, 2.45) is 5.92 Å². The van der Waals surface area contributed by atoms with Crippen LogP contribution in [0.5, 0.6) is 0 Å². The monoisotopic (exact) mass is 298 g/mol. The summed E-state index contributed by atoms with van der Waals surface area (Å²) in [5.41, 5.74) is -0.186. The highest BCUT2D eigenvalue weighted by Gasteiger charge is 2.17. The summed E-state index contributed by atoms with van der Waals surface area (Å²) < 4.78 is 13.1. The lowest BCUT2D eigenvalue weighted by atomic mass is 10.1. The van der Waals surface area contributed by atoms with E-state index in [0.717, 1.165) is 36.1 Å². The second-order valence-electron chi connectivity index (χ2n) is 4.56. The number of benzene rings is 1.